The molecular formula is C24H26F2N2O2. The van der Waals surface area contributed by atoms with E-state index >= 15 is 0 Å². The van der Waals surface area contributed by atoms with E-state index in [0.717, 1.165) is 17.7 Å². The third-order valence-electron chi connectivity index (χ3n) is 5.41. The molecule has 0 bridgehead atoms. The molecule has 2 aromatic carbocycles. The Morgan fingerprint density at radius 2 is 1.80 bits per heavy atom. The number of nitrogens with zero attached hydrogens (tertiary/aromatic N) is 1. The van der Waals surface area contributed by atoms with E-state index in [1.54, 1.807) is 11.0 Å². The summed E-state index contributed by atoms with van der Waals surface area (Å²) in [6.07, 6.45) is 4.92. The molecule has 30 heavy (non-hydrogen) atoms. The smallest absolute Gasteiger partial charge is 0.244 e. The standard InChI is InChI=1S/C24H26F2N2O2/c1-17(19-8-9-21(25)22(26)16-19)15-24(30)28-13-11-20(12-14-28)27-23(29)10-7-18-5-3-2-4-6-18/h2-10,16-17,20H,11-15H2,1H3,(H,27,29)/b10-7+. The van der Waals surface area contributed by atoms with Crippen molar-refractivity contribution in [3.8, 4) is 0 Å². The number of carbonyl (C=O) groups is 2. The van der Waals surface area contributed by atoms with Gasteiger partial charge in [-0.05, 0) is 48.1 Å². The lowest BCUT2D eigenvalue weighted by molar-refractivity contribution is -0.132. The minimum Gasteiger partial charge on any atom is -0.350 e. The van der Waals surface area contributed by atoms with Gasteiger partial charge in [0.05, 0.1) is 0 Å². The van der Waals surface area contributed by atoms with Gasteiger partial charge in [0.15, 0.2) is 11.6 Å². The van der Waals surface area contributed by atoms with Crippen LogP contribution in [0.3, 0.4) is 0 Å². The highest BCUT2D eigenvalue weighted by Gasteiger charge is 2.25. The van der Waals surface area contributed by atoms with E-state index < -0.39 is 11.6 Å². The molecule has 1 heterocycles. The van der Waals surface area contributed by atoms with Crippen molar-refractivity contribution in [3.05, 3.63) is 77.4 Å². The van der Waals surface area contributed by atoms with E-state index in [0.29, 0.717) is 31.5 Å². The summed E-state index contributed by atoms with van der Waals surface area (Å²) in [5.74, 6) is -2.14. The Hall–Kier alpha value is -3.02. The van der Waals surface area contributed by atoms with E-state index in [1.165, 1.54) is 12.1 Å². The molecule has 0 aromatic heterocycles. The Kier molecular flexibility index (Phi) is 7.33. The van der Waals surface area contributed by atoms with Crippen LogP contribution in [0.2, 0.25) is 0 Å². The summed E-state index contributed by atoms with van der Waals surface area (Å²) in [6.45, 7) is 2.96. The zero-order valence-corrected chi connectivity index (χ0v) is 17.0. The number of halogens is 2. The molecule has 1 aliphatic heterocycles. The first-order valence-electron chi connectivity index (χ1n) is 10.2. The molecule has 0 radical (unpaired) electrons. The Balaban J connectivity index is 1.44. The molecular weight excluding hydrogens is 386 g/mol. The Morgan fingerprint density at radius 3 is 2.47 bits per heavy atom. The maximum atomic E-state index is 13.4. The highest BCUT2D eigenvalue weighted by molar-refractivity contribution is 5.91. The van der Waals surface area contributed by atoms with Crippen LogP contribution in [-0.4, -0.2) is 35.8 Å². The van der Waals surface area contributed by atoms with Crippen molar-refractivity contribution >= 4 is 17.9 Å². The van der Waals surface area contributed by atoms with Crippen LogP contribution < -0.4 is 5.32 Å². The summed E-state index contributed by atoms with van der Waals surface area (Å²) in [7, 11) is 0. The van der Waals surface area contributed by atoms with Crippen molar-refractivity contribution in [3.63, 3.8) is 0 Å². The molecule has 6 heteroatoms. The van der Waals surface area contributed by atoms with Crippen LogP contribution in [0.4, 0.5) is 8.78 Å². The lowest BCUT2D eigenvalue weighted by Gasteiger charge is -2.33. The third kappa shape index (κ3) is 5.99. The lowest BCUT2D eigenvalue weighted by atomic mass is 9.96. The first-order valence-corrected chi connectivity index (χ1v) is 10.2. The van der Waals surface area contributed by atoms with E-state index in [-0.39, 0.29) is 30.2 Å². The summed E-state index contributed by atoms with van der Waals surface area (Å²) >= 11 is 0. The molecule has 1 atom stereocenters. The van der Waals surface area contributed by atoms with Crippen molar-refractivity contribution in [1.29, 1.82) is 0 Å². The average Bonchev–Trinajstić information content (AvgIpc) is 2.75. The van der Waals surface area contributed by atoms with Crippen LogP contribution >= 0.6 is 0 Å². The summed E-state index contributed by atoms with van der Waals surface area (Å²) in [5, 5.41) is 2.99. The fraction of sp³-hybridized carbons (Fsp3) is 0.333. The zero-order chi connectivity index (χ0) is 21.5. The second kappa shape index (κ2) is 10.1. The van der Waals surface area contributed by atoms with Gasteiger partial charge in [0.2, 0.25) is 11.8 Å². The summed E-state index contributed by atoms with van der Waals surface area (Å²) < 4.78 is 26.5. The van der Waals surface area contributed by atoms with Gasteiger partial charge in [-0.15, -0.1) is 0 Å². The first kappa shape index (κ1) is 21.7. The van der Waals surface area contributed by atoms with Crippen molar-refractivity contribution in [2.45, 2.75) is 38.1 Å². The molecule has 2 aromatic rings. The number of amides is 2. The second-order valence-corrected chi connectivity index (χ2v) is 7.69. The highest BCUT2D eigenvalue weighted by atomic mass is 19.2. The highest BCUT2D eigenvalue weighted by Crippen LogP contribution is 2.23. The van der Waals surface area contributed by atoms with Gasteiger partial charge in [-0.2, -0.15) is 0 Å². The van der Waals surface area contributed by atoms with Crippen LogP contribution in [0.25, 0.3) is 6.08 Å². The van der Waals surface area contributed by atoms with Crippen molar-refractivity contribution in [2.75, 3.05) is 13.1 Å². The van der Waals surface area contributed by atoms with Crippen LogP contribution in [0.15, 0.2) is 54.6 Å². The molecule has 4 nitrogen and oxygen atoms in total. The van der Waals surface area contributed by atoms with Crippen molar-refractivity contribution < 1.29 is 18.4 Å². The molecule has 3 rings (SSSR count). The van der Waals surface area contributed by atoms with E-state index in [1.807, 2.05) is 37.3 Å². The molecule has 0 aliphatic carbocycles. The average molecular weight is 412 g/mol. The largest absolute Gasteiger partial charge is 0.350 e. The van der Waals surface area contributed by atoms with Gasteiger partial charge < -0.3 is 10.2 Å². The van der Waals surface area contributed by atoms with Crippen molar-refractivity contribution in [2.24, 2.45) is 0 Å². The molecule has 0 spiro atoms. The van der Waals surface area contributed by atoms with Crippen LogP contribution in [0, 0.1) is 11.6 Å². The van der Waals surface area contributed by atoms with Gasteiger partial charge in [-0.1, -0.05) is 43.3 Å². The normalized spacial score (nSPS) is 15.9. The number of benzene rings is 2. The van der Waals surface area contributed by atoms with Gasteiger partial charge >= 0.3 is 0 Å². The molecule has 0 saturated carbocycles. The number of hydrogen-bond acceptors (Lipinski definition) is 2. The van der Waals surface area contributed by atoms with Crippen LogP contribution in [0.1, 0.15) is 43.2 Å². The maximum Gasteiger partial charge on any atom is 0.244 e. The van der Waals surface area contributed by atoms with Gasteiger partial charge in [0.1, 0.15) is 0 Å². The van der Waals surface area contributed by atoms with Crippen LogP contribution in [-0.2, 0) is 9.59 Å². The van der Waals surface area contributed by atoms with Gasteiger partial charge in [-0.25, -0.2) is 8.78 Å². The topological polar surface area (TPSA) is 49.4 Å². The predicted octanol–water partition coefficient (Wildman–Crippen LogP) is 4.28. The number of carbonyl (C=O) groups excluding carboxylic acids is 2. The van der Waals surface area contributed by atoms with Gasteiger partial charge in [0.25, 0.3) is 0 Å². The molecule has 1 fully saturated rings. The number of piperidine rings is 1. The quantitative estimate of drug-likeness (QED) is 0.720. The summed E-state index contributed by atoms with van der Waals surface area (Å²) in [6, 6.07) is 13.4. The molecule has 1 saturated heterocycles. The molecule has 1 N–H and O–H groups in total. The minimum atomic E-state index is -0.898. The Morgan fingerprint density at radius 1 is 1.10 bits per heavy atom. The minimum absolute atomic E-state index is 0.0130. The van der Waals surface area contributed by atoms with E-state index in [9.17, 15) is 18.4 Å². The van der Waals surface area contributed by atoms with E-state index in [4.69, 9.17) is 0 Å². The monoisotopic (exact) mass is 412 g/mol. The number of hydrogen-bond donors (Lipinski definition) is 1. The molecule has 1 unspecified atom stereocenters. The zero-order valence-electron chi connectivity index (χ0n) is 17.0. The number of nitrogens with one attached hydrogen (secondary N) is 1. The van der Waals surface area contributed by atoms with Gasteiger partial charge in [-0.3, -0.25) is 9.59 Å². The Labute approximate surface area is 175 Å². The summed E-state index contributed by atoms with van der Waals surface area (Å²) in [5.41, 5.74) is 1.57. The van der Waals surface area contributed by atoms with Crippen LogP contribution in [0.5, 0.6) is 0 Å². The second-order valence-electron chi connectivity index (χ2n) is 7.69. The summed E-state index contributed by atoms with van der Waals surface area (Å²) in [4.78, 5) is 26.5. The SMILES string of the molecule is CC(CC(=O)N1CCC(NC(=O)/C=C/c2ccccc2)CC1)c1ccc(F)c(F)c1. The molecule has 2 amide bonds. The van der Waals surface area contributed by atoms with Gasteiger partial charge in [0, 0.05) is 31.6 Å². The Bertz CT molecular complexity index is 907. The maximum absolute atomic E-state index is 13.4. The predicted molar refractivity (Wildman–Crippen MR) is 113 cm³/mol. The van der Waals surface area contributed by atoms with Crippen molar-refractivity contribution in [1.82, 2.24) is 10.2 Å². The third-order valence-corrected chi connectivity index (χ3v) is 5.41. The number of rotatable bonds is 6. The first-order chi connectivity index (χ1) is 14.4. The fourth-order valence-corrected chi connectivity index (χ4v) is 3.59. The lowest BCUT2D eigenvalue weighted by Crippen LogP contribution is -2.46. The number of likely N-dealkylation sites (tertiary alicyclic amines) is 1. The molecule has 158 valence electrons. The molecule has 1 aliphatic rings. The van der Waals surface area contributed by atoms with E-state index in [2.05, 4.69) is 5.32 Å². The fourth-order valence-electron chi connectivity index (χ4n) is 3.59.